The topological polar surface area (TPSA) is 48.5 Å². The number of amides is 1. The quantitative estimate of drug-likeness (QED) is 0.591. The fraction of sp³-hybridized carbons (Fsp3) is 0.333. The van der Waals surface area contributed by atoms with Gasteiger partial charge in [-0.2, -0.15) is 0 Å². The Morgan fingerprint density at radius 2 is 1.93 bits per heavy atom. The standard InChI is InChI=1S/C21H23FN4OS2/c1-25-9-11-26(12-10-25)21-24-18-7-4-16(14-19(18)29-21)23-20(27)8-13-28-17-5-2-15(22)3-6-17/h2-7,14H,8-13H2,1H3,(H,23,27). The van der Waals surface area contributed by atoms with E-state index in [0.717, 1.165) is 52.1 Å². The minimum absolute atomic E-state index is 0.0252. The summed E-state index contributed by atoms with van der Waals surface area (Å²) < 4.78 is 14.0. The average molecular weight is 431 g/mol. The highest BCUT2D eigenvalue weighted by Gasteiger charge is 2.17. The summed E-state index contributed by atoms with van der Waals surface area (Å²) in [6, 6.07) is 12.2. The lowest BCUT2D eigenvalue weighted by atomic mass is 10.3. The normalized spacial score (nSPS) is 15.0. The van der Waals surface area contributed by atoms with Crippen molar-refractivity contribution in [2.45, 2.75) is 11.3 Å². The maximum Gasteiger partial charge on any atom is 0.225 e. The maximum atomic E-state index is 12.9. The summed E-state index contributed by atoms with van der Waals surface area (Å²) in [5.74, 6) is 0.373. The fourth-order valence-electron chi connectivity index (χ4n) is 3.14. The summed E-state index contributed by atoms with van der Waals surface area (Å²) in [7, 11) is 2.14. The summed E-state index contributed by atoms with van der Waals surface area (Å²) in [4.78, 5) is 22.6. The summed E-state index contributed by atoms with van der Waals surface area (Å²) in [5, 5.41) is 4.02. The molecule has 152 valence electrons. The average Bonchev–Trinajstić information content (AvgIpc) is 3.13. The van der Waals surface area contributed by atoms with Gasteiger partial charge in [0.1, 0.15) is 5.82 Å². The Hall–Kier alpha value is -2.16. The third-order valence-corrected chi connectivity index (χ3v) is 6.94. The van der Waals surface area contributed by atoms with Crippen LogP contribution in [0.15, 0.2) is 47.4 Å². The minimum Gasteiger partial charge on any atom is -0.345 e. The molecular weight excluding hydrogens is 407 g/mol. The molecule has 4 rings (SSSR count). The SMILES string of the molecule is CN1CCN(c2nc3ccc(NC(=O)CCSc4ccc(F)cc4)cc3s2)CC1. The molecule has 1 amide bonds. The van der Waals surface area contributed by atoms with E-state index >= 15 is 0 Å². The number of hydrogen-bond donors (Lipinski definition) is 1. The number of nitrogens with zero attached hydrogens (tertiary/aromatic N) is 3. The van der Waals surface area contributed by atoms with Crippen LogP contribution in [0.2, 0.25) is 0 Å². The first kappa shape index (κ1) is 20.1. The predicted molar refractivity (Wildman–Crippen MR) is 120 cm³/mol. The van der Waals surface area contributed by atoms with Gasteiger partial charge in [0.05, 0.1) is 10.2 Å². The van der Waals surface area contributed by atoms with Crippen molar-refractivity contribution >= 4 is 50.0 Å². The van der Waals surface area contributed by atoms with E-state index in [9.17, 15) is 9.18 Å². The number of thiazole rings is 1. The number of piperazine rings is 1. The lowest BCUT2D eigenvalue weighted by Crippen LogP contribution is -2.44. The Morgan fingerprint density at radius 3 is 2.69 bits per heavy atom. The van der Waals surface area contributed by atoms with Gasteiger partial charge in [0, 0.05) is 48.9 Å². The van der Waals surface area contributed by atoms with Gasteiger partial charge in [-0.25, -0.2) is 9.37 Å². The molecule has 1 aromatic heterocycles. The number of likely N-dealkylation sites (N-methyl/N-ethyl adjacent to an activating group) is 1. The van der Waals surface area contributed by atoms with Crippen LogP contribution in [-0.4, -0.2) is 54.8 Å². The van der Waals surface area contributed by atoms with Gasteiger partial charge in [-0.05, 0) is 49.5 Å². The zero-order chi connectivity index (χ0) is 20.2. The lowest BCUT2D eigenvalue weighted by Gasteiger charge is -2.31. The number of benzene rings is 2. The monoisotopic (exact) mass is 430 g/mol. The van der Waals surface area contributed by atoms with Crippen LogP contribution in [0.5, 0.6) is 0 Å². The Labute approximate surface area is 177 Å². The van der Waals surface area contributed by atoms with Crippen LogP contribution in [0, 0.1) is 5.82 Å². The third kappa shape index (κ3) is 5.26. The van der Waals surface area contributed by atoms with Gasteiger partial charge >= 0.3 is 0 Å². The summed E-state index contributed by atoms with van der Waals surface area (Å²) in [6.07, 6.45) is 0.398. The molecular formula is C21H23FN4OS2. The number of aromatic nitrogens is 1. The first-order valence-corrected chi connectivity index (χ1v) is 11.4. The molecule has 1 fully saturated rings. The van der Waals surface area contributed by atoms with Crippen LogP contribution in [0.3, 0.4) is 0 Å². The molecule has 1 N–H and O–H groups in total. The van der Waals surface area contributed by atoms with Gasteiger partial charge in [0.2, 0.25) is 5.91 Å². The van der Waals surface area contributed by atoms with Gasteiger partial charge < -0.3 is 15.1 Å². The molecule has 2 aromatic carbocycles. The minimum atomic E-state index is -0.249. The van der Waals surface area contributed by atoms with Crippen molar-refractivity contribution in [1.82, 2.24) is 9.88 Å². The predicted octanol–water partition coefficient (Wildman–Crippen LogP) is 4.31. The number of thioether (sulfide) groups is 1. The summed E-state index contributed by atoms with van der Waals surface area (Å²) in [6.45, 7) is 4.08. The molecule has 0 spiro atoms. The number of anilines is 2. The van der Waals surface area contributed by atoms with E-state index in [-0.39, 0.29) is 11.7 Å². The molecule has 29 heavy (non-hydrogen) atoms. The zero-order valence-electron chi connectivity index (χ0n) is 16.2. The van der Waals surface area contributed by atoms with Gasteiger partial charge in [-0.15, -0.1) is 11.8 Å². The van der Waals surface area contributed by atoms with Crippen molar-refractivity contribution < 1.29 is 9.18 Å². The van der Waals surface area contributed by atoms with E-state index in [1.807, 2.05) is 18.2 Å². The van der Waals surface area contributed by atoms with Crippen LogP contribution >= 0.6 is 23.1 Å². The van der Waals surface area contributed by atoms with E-state index < -0.39 is 0 Å². The molecule has 0 aliphatic carbocycles. The number of nitrogens with one attached hydrogen (secondary N) is 1. The second-order valence-corrected chi connectivity index (χ2v) is 9.25. The molecule has 0 unspecified atom stereocenters. The number of fused-ring (bicyclic) bond motifs is 1. The lowest BCUT2D eigenvalue weighted by molar-refractivity contribution is -0.115. The fourth-order valence-corrected chi connectivity index (χ4v) is 5.05. The Balaban J connectivity index is 1.32. The maximum absolute atomic E-state index is 12.9. The van der Waals surface area contributed by atoms with Crippen molar-refractivity contribution in [1.29, 1.82) is 0 Å². The van der Waals surface area contributed by atoms with E-state index in [0.29, 0.717) is 12.2 Å². The van der Waals surface area contributed by atoms with E-state index in [2.05, 4.69) is 22.2 Å². The molecule has 0 saturated carbocycles. The van der Waals surface area contributed by atoms with Crippen molar-refractivity contribution in [3.63, 3.8) is 0 Å². The number of halogens is 1. The van der Waals surface area contributed by atoms with Crippen molar-refractivity contribution in [3.05, 3.63) is 48.3 Å². The van der Waals surface area contributed by atoms with Gasteiger partial charge in [0.25, 0.3) is 0 Å². The highest BCUT2D eigenvalue weighted by Crippen LogP contribution is 2.31. The first-order valence-electron chi connectivity index (χ1n) is 9.59. The number of rotatable bonds is 6. The molecule has 1 aliphatic rings. The van der Waals surface area contributed by atoms with E-state index in [4.69, 9.17) is 4.98 Å². The third-order valence-electron chi connectivity index (χ3n) is 4.85. The van der Waals surface area contributed by atoms with Crippen LogP contribution in [0.1, 0.15) is 6.42 Å². The van der Waals surface area contributed by atoms with Crippen LogP contribution in [0.25, 0.3) is 10.2 Å². The second-order valence-electron chi connectivity index (χ2n) is 7.07. The summed E-state index contributed by atoms with van der Waals surface area (Å²) >= 11 is 3.22. The van der Waals surface area contributed by atoms with Gasteiger partial charge in [0.15, 0.2) is 5.13 Å². The Morgan fingerprint density at radius 1 is 1.17 bits per heavy atom. The highest BCUT2D eigenvalue weighted by atomic mass is 32.2. The Bertz CT molecular complexity index is 984. The summed E-state index contributed by atoms with van der Waals surface area (Å²) in [5.41, 5.74) is 1.76. The van der Waals surface area contributed by atoms with E-state index in [1.54, 1.807) is 35.2 Å². The largest absolute Gasteiger partial charge is 0.345 e. The number of carbonyl (C=O) groups excluding carboxylic acids is 1. The number of carbonyl (C=O) groups is 1. The molecule has 0 bridgehead atoms. The molecule has 2 heterocycles. The molecule has 1 saturated heterocycles. The second kappa shape index (κ2) is 9.11. The molecule has 0 atom stereocenters. The van der Waals surface area contributed by atoms with Crippen molar-refractivity contribution in [2.24, 2.45) is 0 Å². The molecule has 5 nitrogen and oxygen atoms in total. The van der Waals surface area contributed by atoms with Crippen molar-refractivity contribution in [2.75, 3.05) is 49.2 Å². The molecule has 8 heteroatoms. The zero-order valence-corrected chi connectivity index (χ0v) is 17.9. The Kier molecular flexibility index (Phi) is 6.32. The smallest absolute Gasteiger partial charge is 0.225 e. The van der Waals surface area contributed by atoms with Crippen LogP contribution < -0.4 is 10.2 Å². The van der Waals surface area contributed by atoms with Gasteiger partial charge in [-0.1, -0.05) is 11.3 Å². The molecule has 1 aliphatic heterocycles. The molecule has 3 aromatic rings. The highest BCUT2D eigenvalue weighted by molar-refractivity contribution is 7.99. The van der Waals surface area contributed by atoms with Crippen molar-refractivity contribution in [3.8, 4) is 0 Å². The molecule has 0 radical (unpaired) electrons. The first-order chi connectivity index (χ1) is 14.1. The van der Waals surface area contributed by atoms with E-state index in [1.165, 1.54) is 12.1 Å². The van der Waals surface area contributed by atoms with Crippen LogP contribution in [0.4, 0.5) is 15.2 Å². The number of hydrogen-bond acceptors (Lipinski definition) is 6. The van der Waals surface area contributed by atoms with Gasteiger partial charge in [-0.3, -0.25) is 4.79 Å². The van der Waals surface area contributed by atoms with Crippen LogP contribution in [-0.2, 0) is 4.79 Å².